The predicted molar refractivity (Wildman–Crippen MR) is 76.1 cm³/mol. The highest BCUT2D eigenvalue weighted by Gasteiger charge is 2.23. The van der Waals surface area contributed by atoms with Crippen molar-refractivity contribution in [3.8, 4) is 0 Å². The topological polar surface area (TPSA) is 41.6 Å². The minimum absolute atomic E-state index is 0. The SMILES string of the molecule is CC(c1ncnc2[nH]ccc12)C1CCCCC1.Cl. The van der Waals surface area contributed by atoms with Crippen LogP contribution in [0.2, 0.25) is 0 Å². The van der Waals surface area contributed by atoms with Crippen LogP contribution < -0.4 is 0 Å². The maximum atomic E-state index is 4.52. The third kappa shape index (κ3) is 2.37. The second-order valence-electron chi connectivity index (χ2n) is 5.19. The Hall–Kier alpha value is -1.09. The highest BCUT2D eigenvalue weighted by molar-refractivity contribution is 5.85. The molecule has 1 atom stereocenters. The molecule has 1 aliphatic rings. The van der Waals surface area contributed by atoms with Gasteiger partial charge in [0.1, 0.15) is 12.0 Å². The summed E-state index contributed by atoms with van der Waals surface area (Å²) in [6, 6.07) is 2.10. The second kappa shape index (κ2) is 5.70. The Morgan fingerprint density at radius 2 is 2.00 bits per heavy atom. The van der Waals surface area contributed by atoms with Crippen LogP contribution in [0.4, 0.5) is 0 Å². The maximum Gasteiger partial charge on any atom is 0.140 e. The molecule has 0 saturated heterocycles. The predicted octanol–water partition coefficient (Wildman–Crippen LogP) is 4.06. The Balaban J connectivity index is 0.00000120. The van der Waals surface area contributed by atoms with E-state index in [2.05, 4.69) is 27.9 Å². The van der Waals surface area contributed by atoms with Gasteiger partial charge in [-0.05, 0) is 24.8 Å². The second-order valence-corrected chi connectivity index (χ2v) is 5.19. The lowest BCUT2D eigenvalue weighted by Gasteiger charge is -2.27. The minimum atomic E-state index is 0. The molecule has 1 aliphatic carbocycles. The summed E-state index contributed by atoms with van der Waals surface area (Å²) in [5.41, 5.74) is 2.20. The van der Waals surface area contributed by atoms with E-state index in [1.165, 1.54) is 43.2 Å². The Morgan fingerprint density at radius 1 is 1.22 bits per heavy atom. The van der Waals surface area contributed by atoms with Gasteiger partial charge in [-0.3, -0.25) is 0 Å². The van der Waals surface area contributed by atoms with Crippen molar-refractivity contribution in [3.63, 3.8) is 0 Å². The summed E-state index contributed by atoms with van der Waals surface area (Å²) in [6.07, 6.45) is 10.5. The standard InChI is InChI=1S/C14H19N3.ClH/c1-10(11-5-3-2-4-6-11)13-12-7-8-15-14(12)17-9-16-13;/h7-11H,2-6H2,1H3,(H,15,16,17);1H. The number of nitrogens with zero attached hydrogens (tertiary/aromatic N) is 2. The van der Waals surface area contributed by atoms with Crippen molar-refractivity contribution in [1.82, 2.24) is 15.0 Å². The zero-order valence-corrected chi connectivity index (χ0v) is 11.5. The van der Waals surface area contributed by atoms with Crippen molar-refractivity contribution in [2.75, 3.05) is 0 Å². The number of aromatic nitrogens is 3. The van der Waals surface area contributed by atoms with Crippen LogP contribution in [0.5, 0.6) is 0 Å². The first-order valence-electron chi connectivity index (χ1n) is 6.64. The molecule has 0 radical (unpaired) electrons. The van der Waals surface area contributed by atoms with E-state index in [0.717, 1.165) is 11.6 Å². The number of halogens is 1. The van der Waals surface area contributed by atoms with Crippen molar-refractivity contribution < 1.29 is 0 Å². The first-order valence-corrected chi connectivity index (χ1v) is 6.64. The first-order chi connectivity index (χ1) is 8.36. The monoisotopic (exact) mass is 265 g/mol. The summed E-state index contributed by atoms with van der Waals surface area (Å²) in [5.74, 6) is 1.35. The van der Waals surface area contributed by atoms with E-state index < -0.39 is 0 Å². The summed E-state index contributed by atoms with van der Waals surface area (Å²) in [7, 11) is 0. The highest BCUT2D eigenvalue weighted by atomic mass is 35.5. The first kappa shape index (κ1) is 13.3. The van der Waals surface area contributed by atoms with Gasteiger partial charge in [-0.15, -0.1) is 12.4 Å². The highest BCUT2D eigenvalue weighted by Crippen LogP contribution is 2.36. The molecule has 18 heavy (non-hydrogen) atoms. The number of aromatic amines is 1. The van der Waals surface area contributed by atoms with Gasteiger partial charge in [0.25, 0.3) is 0 Å². The van der Waals surface area contributed by atoms with Crippen molar-refractivity contribution in [1.29, 1.82) is 0 Å². The van der Waals surface area contributed by atoms with E-state index in [1.54, 1.807) is 6.33 Å². The molecule has 0 spiro atoms. The van der Waals surface area contributed by atoms with Crippen LogP contribution in [0.25, 0.3) is 11.0 Å². The molecule has 0 aromatic carbocycles. The summed E-state index contributed by atoms with van der Waals surface area (Å²) >= 11 is 0. The van der Waals surface area contributed by atoms with Crippen LogP contribution in [0.1, 0.15) is 50.6 Å². The summed E-state index contributed by atoms with van der Waals surface area (Å²) in [4.78, 5) is 12.0. The molecule has 0 amide bonds. The molecule has 0 aliphatic heterocycles. The van der Waals surface area contributed by atoms with Gasteiger partial charge in [-0.25, -0.2) is 9.97 Å². The number of nitrogens with one attached hydrogen (secondary N) is 1. The van der Waals surface area contributed by atoms with Gasteiger partial charge in [-0.1, -0.05) is 26.2 Å². The van der Waals surface area contributed by atoms with Crippen LogP contribution in [0.3, 0.4) is 0 Å². The van der Waals surface area contributed by atoms with Gasteiger partial charge in [0.2, 0.25) is 0 Å². The lowest BCUT2D eigenvalue weighted by molar-refractivity contribution is 0.314. The van der Waals surface area contributed by atoms with Gasteiger partial charge >= 0.3 is 0 Å². The zero-order valence-electron chi connectivity index (χ0n) is 10.7. The summed E-state index contributed by atoms with van der Waals surface area (Å²) in [5, 5.41) is 1.20. The molecule has 1 unspecified atom stereocenters. The average molecular weight is 266 g/mol. The van der Waals surface area contributed by atoms with Crippen molar-refractivity contribution in [2.24, 2.45) is 5.92 Å². The third-order valence-corrected chi connectivity index (χ3v) is 4.17. The van der Waals surface area contributed by atoms with Crippen molar-refractivity contribution in [2.45, 2.75) is 44.9 Å². The Labute approximate surface area is 114 Å². The van der Waals surface area contributed by atoms with E-state index in [1.807, 2.05) is 6.20 Å². The molecule has 2 aromatic rings. The van der Waals surface area contributed by atoms with Crippen LogP contribution in [0, 0.1) is 5.92 Å². The van der Waals surface area contributed by atoms with Gasteiger partial charge < -0.3 is 4.98 Å². The van der Waals surface area contributed by atoms with Gasteiger partial charge in [0.15, 0.2) is 0 Å². The quantitative estimate of drug-likeness (QED) is 0.890. The normalized spacial score (nSPS) is 18.5. The number of hydrogen-bond acceptors (Lipinski definition) is 2. The molecule has 1 N–H and O–H groups in total. The minimum Gasteiger partial charge on any atom is -0.346 e. The smallest absolute Gasteiger partial charge is 0.140 e. The van der Waals surface area contributed by atoms with E-state index in [-0.39, 0.29) is 12.4 Å². The Kier molecular flexibility index (Phi) is 4.23. The lowest BCUT2D eigenvalue weighted by Crippen LogP contribution is -2.15. The molecule has 1 saturated carbocycles. The van der Waals surface area contributed by atoms with E-state index in [4.69, 9.17) is 0 Å². The molecule has 4 heteroatoms. The fourth-order valence-corrected chi connectivity index (χ4v) is 3.11. The fourth-order valence-electron chi connectivity index (χ4n) is 3.11. The Bertz CT molecular complexity index is 502. The molecule has 1 fully saturated rings. The molecule has 0 bridgehead atoms. The van der Waals surface area contributed by atoms with Crippen LogP contribution in [-0.4, -0.2) is 15.0 Å². The molecule has 3 nitrogen and oxygen atoms in total. The molecular weight excluding hydrogens is 246 g/mol. The maximum absolute atomic E-state index is 4.52. The summed E-state index contributed by atoms with van der Waals surface area (Å²) in [6.45, 7) is 2.32. The molecule has 98 valence electrons. The number of H-pyrrole nitrogens is 1. The Morgan fingerprint density at radius 3 is 2.78 bits per heavy atom. The largest absolute Gasteiger partial charge is 0.346 e. The molecular formula is C14H20ClN3. The zero-order chi connectivity index (χ0) is 11.7. The van der Waals surface area contributed by atoms with Crippen LogP contribution in [-0.2, 0) is 0 Å². The number of rotatable bonds is 2. The van der Waals surface area contributed by atoms with E-state index >= 15 is 0 Å². The molecule has 2 aromatic heterocycles. The van der Waals surface area contributed by atoms with Gasteiger partial charge in [0, 0.05) is 17.5 Å². The third-order valence-electron chi connectivity index (χ3n) is 4.17. The van der Waals surface area contributed by atoms with Gasteiger partial charge in [0.05, 0.1) is 5.69 Å². The van der Waals surface area contributed by atoms with Crippen LogP contribution in [0.15, 0.2) is 18.6 Å². The van der Waals surface area contributed by atoms with E-state index in [9.17, 15) is 0 Å². The molecule has 3 rings (SSSR count). The van der Waals surface area contributed by atoms with E-state index in [0.29, 0.717) is 5.92 Å². The fraction of sp³-hybridized carbons (Fsp3) is 0.571. The van der Waals surface area contributed by atoms with Crippen molar-refractivity contribution >= 4 is 23.4 Å². The van der Waals surface area contributed by atoms with Crippen LogP contribution >= 0.6 is 12.4 Å². The lowest BCUT2D eigenvalue weighted by atomic mass is 9.79. The van der Waals surface area contributed by atoms with Crippen molar-refractivity contribution in [3.05, 3.63) is 24.3 Å². The summed E-state index contributed by atoms with van der Waals surface area (Å²) < 4.78 is 0. The number of hydrogen-bond donors (Lipinski definition) is 1. The average Bonchev–Trinajstić information content (AvgIpc) is 2.87. The molecule has 2 heterocycles. The number of fused-ring (bicyclic) bond motifs is 1. The van der Waals surface area contributed by atoms with Gasteiger partial charge in [-0.2, -0.15) is 0 Å².